The fourth-order valence-electron chi connectivity index (χ4n) is 3.17. The number of hydrogen-bond donors (Lipinski definition) is 3. The molecule has 11 nitrogen and oxygen atoms in total. The number of aliphatic hydroxyl groups excluding tert-OH is 1. The average Bonchev–Trinajstić information content (AvgIpc) is 3.21. The molecule has 0 amide bonds. The summed E-state index contributed by atoms with van der Waals surface area (Å²) in [6, 6.07) is 10.0. The second-order valence-electron chi connectivity index (χ2n) is 7.50. The van der Waals surface area contributed by atoms with Crippen molar-refractivity contribution in [3.05, 3.63) is 87.8 Å². The van der Waals surface area contributed by atoms with E-state index in [9.17, 15) is 22.7 Å². The molecule has 36 heavy (non-hydrogen) atoms. The number of hydrogen-bond acceptors (Lipinski definition) is 8. The van der Waals surface area contributed by atoms with Crippen molar-refractivity contribution < 1.29 is 22.5 Å². The van der Waals surface area contributed by atoms with E-state index in [0.29, 0.717) is 34.8 Å². The number of pyridine rings is 1. The summed E-state index contributed by atoms with van der Waals surface area (Å²) < 4.78 is 42.7. The molecule has 3 aromatic heterocycles. The van der Waals surface area contributed by atoms with E-state index in [2.05, 4.69) is 20.4 Å². The monoisotopic (exact) mass is 536 g/mol. The van der Waals surface area contributed by atoms with Gasteiger partial charge in [-0.3, -0.25) is 14.0 Å². The van der Waals surface area contributed by atoms with Crippen LogP contribution in [0.2, 0.25) is 5.02 Å². The molecule has 0 fully saturated rings. The zero-order chi connectivity index (χ0) is 26.5. The highest BCUT2D eigenvalue weighted by molar-refractivity contribution is 7.85. The zero-order valence-corrected chi connectivity index (χ0v) is 20.6. The van der Waals surface area contributed by atoms with Crippen molar-refractivity contribution in [2.75, 3.05) is 18.2 Å². The summed E-state index contributed by atoms with van der Waals surface area (Å²) in [5, 5.41) is 16.9. The van der Waals surface area contributed by atoms with Gasteiger partial charge in [0.2, 0.25) is 5.95 Å². The SMILES string of the molecule is CS(=O)(=O)O.Cn1nccc1Nc1nccc(-c2ccn([C@H](CO)c3ccc(Cl)c(F)c3)c(=O)c2)n1. The number of rotatable bonds is 6. The van der Waals surface area contributed by atoms with Crippen molar-refractivity contribution in [3.63, 3.8) is 0 Å². The summed E-state index contributed by atoms with van der Waals surface area (Å²) in [6.07, 6.45) is 5.49. The van der Waals surface area contributed by atoms with Gasteiger partial charge in [0.15, 0.2) is 0 Å². The Hall–Kier alpha value is -3.65. The summed E-state index contributed by atoms with van der Waals surface area (Å²) in [6.45, 7) is -0.382. The van der Waals surface area contributed by atoms with Crippen molar-refractivity contribution in [2.45, 2.75) is 6.04 Å². The molecule has 4 rings (SSSR count). The Balaban J connectivity index is 0.000000658. The number of nitrogens with one attached hydrogen (secondary N) is 1. The zero-order valence-electron chi connectivity index (χ0n) is 19.1. The van der Waals surface area contributed by atoms with Crippen LogP contribution in [0.15, 0.2) is 65.8 Å². The van der Waals surface area contributed by atoms with Gasteiger partial charge in [-0.2, -0.15) is 13.5 Å². The number of anilines is 2. The Morgan fingerprint density at radius 2 is 1.89 bits per heavy atom. The molecule has 190 valence electrons. The fourth-order valence-corrected chi connectivity index (χ4v) is 3.29. The van der Waals surface area contributed by atoms with Crippen LogP contribution in [0.4, 0.5) is 16.2 Å². The van der Waals surface area contributed by atoms with Crippen LogP contribution in [0, 0.1) is 5.82 Å². The van der Waals surface area contributed by atoms with E-state index >= 15 is 0 Å². The van der Waals surface area contributed by atoms with Crippen molar-refractivity contribution in [2.24, 2.45) is 7.05 Å². The summed E-state index contributed by atoms with van der Waals surface area (Å²) in [5.74, 6) is 0.459. The van der Waals surface area contributed by atoms with E-state index in [0.717, 1.165) is 0 Å². The molecule has 0 saturated carbocycles. The molecule has 1 aromatic carbocycles. The third-order valence-electron chi connectivity index (χ3n) is 4.80. The molecule has 3 N–H and O–H groups in total. The summed E-state index contributed by atoms with van der Waals surface area (Å²) >= 11 is 5.73. The summed E-state index contributed by atoms with van der Waals surface area (Å²) in [7, 11) is -1.88. The van der Waals surface area contributed by atoms with Gasteiger partial charge in [-0.05, 0) is 29.8 Å². The number of nitrogens with zero attached hydrogens (tertiary/aromatic N) is 5. The van der Waals surface area contributed by atoms with Crippen LogP contribution in [-0.4, -0.2) is 55.3 Å². The van der Waals surface area contributed by atoms with Crippen LogP contribution in [-0.2, 0) is 17.2 Å². The standard InChI is InChI=1S/C21H18ClFN6O2.CH4O3S/c1-28-19(5-8-25-28)27-21-24-7-4-17(26-21)13-6-9-29(20(31)11-13)18(12-30)14-2-3-15(22)16(23)10-14;1-5(2,3)4/h2-11,18,30H,12H2,1H3,(H,24,26,27);1H3,(H,2,3,4)/t18-;/m1./s1. The van der Waals surface area contributed by atoms with Gasteiger partial charge in [-0.25, -0.2) is 14.4 Å². The molecule has 3 heterocycles. The lowest BCUT2D eigenvalue weighted by molar-refractivity contribution is 0.247. The molecule has 0 aliphatic heterocycles. The van der Waals surface area contributed by atoms with Gasteiger partial charge in [0.05, 0.1) is 35.8 Å². The predicted octanol–water partition coefficient (Wildman–Crippen LogP) is 2.66. The minimum absolute atomic E-state index is 0.0255. The first kappa shape index (κ1) is 26.9. The first-order valence-electron chi connectivity index (χ1n) is 10.2. The number of benzene rings is 1. The number of aryl methyl sites for hydroxylation is 1. The normalized spacial score (nSPS) is 11.9. The highest BCUT2D eigenvalue weighted by Gasteiger charge is 2.16. The van der Waals surface area contributed by atoms with Gasteiger partial charge in [0, 0.05) is 37.1 Å². The largest absolute Gasteiger partial charge is 0.394 e. The number of halogens is 2. The molecule has 0 spiro atoms. The van der Waals surface area contributed by atoms with E-state index in [1.54, 1.807) is 54.6 Å². The minimum atomic E-state index is -3.67. The first-order chi connectivity index (χ1) is 17.0. The Labute approximate surface area is 210 Å². The molecular weight excluding hydrogens is 515 g/mol. The van der Waals surface area contributed by atoms with E-state index in [1.165, 1.54) is 22.8 Å². The maximum atomic E-state index is 13.8. The highest BCUT2D eigenvalue weighted by Crippen LogP contribution is 2.23. The Morgan fingerprint density at radius 3 is 2.47 bits per heavy atom. The number of aromatic nitrogens is 5. The lowest BCUT2D eigenvalue weighted by Gasteiger charge is -2.18. The third kappa shape index (κ3) is 7.18. The van der Waals surface area contributed by atoms with Gasteiger partial charge in [-0.15, -0.1) is 0 Å². The van der Waals surface area contributed by atoms with E-state index in [1.807, 2.05) is 0 Å². The maximum absolute atomic E-state index is 13.8. The van der Waals surface area contributed by atoms with Crippen LogP contribution in [0.1, 0.15) is 11.6 Å². The molecule has 14 heteroatoms. The predicted molar refractivity (Wildman–Crippen MR) is 132 cm³/mol. The van der Waals surface area contributed by atoms with Crippen molar-refractivity contribution in [3.8, 4) is 11.3 Å². The molecule has 0 saturated heterocycles. The van der Waals surface area contributed by atoms with Crippen molar-refractivity contribution in [1.29, 1.82) is 0 Å². The van der Waals surface area contributed by atoms with Crippen LogP contribution < -0.4 is 10.9 Å². The second-order valence-corrected chi connectivity index (χ2v) is 9.37. The first-order valence-corrected chi connectivity index (χ1v) is 12.5. The third-order valence-corrected chi connectivity index (χ3v) is 5.10. The van der Waals surface area contributed by atoms with Gasteiger partial charge < -0.3 is 15.0 Å². The molecule has 4 aromatic rings. The maximum Gasteiger partial charge on any atom is 0.261 e. The van der Waals surface area contributed by atoms with E-state index in [-0.39, 0.29) is 17.2 Å². The number of aliphatic hydroxyl groups is 1. The molecule has 1 atom stereocenters. The minimum Gasteiger partial charge on any atom is -0.394 e. The molecule has 0 unspecified atom stereocenters. The van der Waals surface area contributed by atoms with Crippen LogP contribution in [0.3, 0.4) is 0 Å². The van der Waals surface area contributed by atoms with Gasteiger partial charge in [0.25, 0.3) is 15.7 Å². The van der Waals surface area contributed by atoms with Gasteiger partial charge >= 0.3 is 0 Å². The molecule has 0 aliphatic carbocycles. The molecule has 0 radical (unpaired) electrons. The summed E-state index contributed by atoms with van der Waals surface area (Å²) in [5.41, 5.74) is 1.19. The van der Waals surface area contributed by atoms with Gasteiger partial charge in [-0.1, -0.05) is 17.7 Å². The smallest absolute Gasteiger partial charge is 0.261 e. The lowest BCUT2D eigenvalue weighted by Crippen LogP contribution is -2.27. The molecule has 0 aliphatic rings. The van der Waals surface area contributed by atoms with Crippen molar-refractivity contribution >= 4 is 33.5 Å². The fraction of sp³-hybridized carbons (Fsp3) is 0.182. The Morgan fingerprint density at radius 1 is 1.17 bits per heavy atom. The topological polar surface area (TPSA) is 152 Å². The van der Waals surface area contributed by atoms with Crippen LogP contribution in [0.25, 0.3) is 11.3 Å². The second kappa shape index (κ2) is 11.4. The van der Waals surface area contributed by atoms with E-state index < -0.39 is 22.0 Å². The van der Waals surface area contributed by atoms with Crippen molar-refractivity contribution in [1.82, 2.24) is 24.3 Å². The highest BCUT2D eigenvalue weighted by atomic mass is 35.5. The van der Waals surface area contributed by atoms with E-state index in [4.69, 9.17) is 16.2 Å². The lowest BCUT2D eigenvalue weighted by atomic mass is 10.1. The summed E-state index contributed by atoms with van der Waals surface area (Å²) in [4.78, 5) is 21.4. The Bertz CT molecular complexity index is 1520. The van der Waals surface area contributed by atoms with Crippen LogP contribution >= 0.6 is 11.6 Å². The Kier molecular flexibility index (Phi) is 8.53. The van der Waals surface area contributed by atoms with Gasteiger partial charge in [0.1, 0.15) is 11.6 Å². The molecular formula is C22H22ClFN6O5S. The quantitative estimate of drug-likeness (QED) is 0.316. The average molecular weight is 537 g/mol. The molecule has 0 bridgehead atoms. The van der Waals surface area contributed by atoms with Crippen LogP contribution in [0.5, 0.6) is 0 Å².